The van der Waals surface area contributed by atoms with Crippen molar-refractivity contribution in [3.8, 4) is 0 Å². The van der Waals surface area contributed by atoms with Gasteiger partial charge in [-0.2, -0.15) is 0 Å². The van der Waals surface area contributed by atoms with Crippen molar-refractivity contribution in [3.05, 3.63) is 12.7 Å². The average Bonchev–Trinajstić information content (AvgIpc) is 2.24. The van der Waals surface area contributed by atoms with Crippen molar-refractivity contribution in [2.75, 3.05) is 13.1 Å². The van der Waals surface area contributed by atoms with Crippen LogP contribution in [0.15, 0.2) is 12.7 Å². The van der Waals surface area contributed by atoms with E-state index in [2.05, 4.69) is 6.58 Å². The van der Waals surface area contributed by atoms with Crippen molar-refractivity contribution in [1.82, 2.24) is 4.90 Å². The standard InChI is InChI=1S/C13H23NO4/c1-5-6-14(8-10(4)12(15)16)11(13(17)18)7-9(2)3/h5,9-11H,1,6-8H2,2-4H3,(H,15,16)(H,17,18). The minimum absolute atomic E-state index is 0.213. The molecular weight excluding hydrogens is 234 g/mol. The molecule has 5 heteroatoms. The Balaban J connectivity index is 4.84. The number of nitrogens with zero attached hydrogens (tertiary/aromatic N) is 1. The molecular formula is C13H23NO4. The van der Waals surface area contributed by atoms with Crippen LogP contribution in [0.1, 0.15) is 27.2 Å². The van der Waals surface area contributed by atoms with E-state index in [1.165, 1.54) is 0 Å². The lowest BCUT2D eigenvalue weighted by Crippen LogP contribution is -2.45. The summed E-state index contributed by atoms with van der Waals surface area (Å²) in [5, 5.41) is 18.1. The molecule has 0 spiro atoms. The Labute approximate surface area is 108 Å². The molecule has 5 nitrogen and oxygen atoms in total. The summed E-state index contributed by atoms with van der Waals surface area (Å²) in [6.45, 7) is 9.65. The Morgan fingerprint density at radius 2 is 1.78 bits per heavy atom. The molecule has 0 aliphatic carbocycles. The molecule has 0 saturated heterocycles. The lowest BCUT2D eigenvalue weighted by molar-refractivity contribution is -0.147. The van der Waals surface area contributed by atoms with Gasteiger partial charge in [0.1, 0.15) is 6.04 Å². The molecule has 0 radical (unpaired) electrons. The fraction of sp³-hybridized carbons (Fsp3) is 0.692. The lowest BCUT2D eigenvalue weighted by atomic mass is 10.0. The topological polar surface area (TPSA) is 77.8 Å². The van der Waals surface area contributed by atoms with Crippen molar-refractivity contribution in [1.29, 1.82) is 0 Å². The zero-order valence-electron chi connectivity index (χ0n) is 11.3. The molecule has 0 rings (SSSR count). The highest BCUT2D eigenvalue weighted by Crippen LogP contribution is 2.14. The van der Waals surface area contributed by atoms with E-state index in [1.54, 1.807) is 17.9 Å². The quantitative estimate of drug-likeness (QED) is 0.615. The van der Waals surface area contributed by atoms with Gasteiger partial charge in [0.25, 0.3) is 0 Å². The summed E-state index contributed by atoms with van der Waals surface area (Å²) in [6.07, 6.45) is 2.10. The molecule has 18 heavy (non-hydrogen) atoms. The summed E-state index contributed by atoms with van der Waals surface area (Å²) >= 11 is 0. The third-order valence-electron chi connectivity index (χ3n) is 2.71. The molecule has 0 aromatic carbocycles. The second kappa shape index (κ2) is 7.87. The zero-order chi connectivity index (χ0) is 14.3. The van der Waals surface area contributed by atoms with Crippen molar-refractivity contribution in [3.63, 3.8) is 0 Å². The SMILES string of the molecule is C=CCN(CC(C)C(=O)O)C(CC(C)C)C(=O)O. The monoisotopic (exact) mass is 257 g/mol. The first kappa shape index (κ1) is 16.6. The Bertz CT molecular complexity index is 301. The first-order chi connectivity index (χ1) is 8.29. The molecule has 2 atom stereocenters. The molecule has 0 fully saturated rings. The summed E-state index contributed by atoms with van der Waals surface area (Å²) in [4.78, 5) is 23.8. The van der Waals surface area contributed by atoms with Gasteiger partial charge in [0.2, 0.25) is 0 Å². The van der Waals surface area contributed by atoms with Crippen molar-refractivity contribution >= 4 is 11.9 Å². The van der Waals surface area contributed by atoms with Crippen LogP contribution in [0.4, 0.5) is 0 Å². The summed E-state index contributed by atoms with van der Waals surface area (Å²) in [5.41, 5.74) is 0. The van der Waals surface area contributed by atoms with E-state index in [1.807, 2.05) is 13.8 Å². The summed E-state index contributed by atoms with van der Waals surface area (Å²) in [6, 6.07) is -0.662. The molecule has 0 aliphatic heterocycles. The van der Waals surface area contributed by atoms with Crippen LogP contribution in [-0.4, -0.2) is 46.2 Å². The van der Waals surface area contributed by atoms with Crippen molar-refractivity contribution < 1.29 is 19.8 Å². The van der Waals surface area contributed by atoms with Gasteiger partial charge in [0.15, 0.2) is 0 Å². The summed E-state index contributed by atoms with van der Waals surface area (Å²) in [7, 11) is 0. The number of carbonyl (C=O) groups is 2. The van der Waals surface area contributed by atoms with Crippen LogP contribution in [0.5, 0.6) is 0 Å². The fourth-order valence-corrected chi connectivity index (χ4v) is 1.78. The molecule has 0 heterocycles. The van der Waals surface area contributed by atoms with Crippen molar-refractivity contribution in [2.24, 2.45) is 11.8 Å². The van der Waals surface area contributed by atoms with Crippen LogP contribution in [0, 0.1) is 11.8 Å². The Kier molecular flexibility index (Phi) is 7.27. The van der Waals surface area contributed by atoms with E-state index in [-0.39, 0.29) is 12.5 Å². The third-order valence-corrected chi connectivity index (χ3v) is 2.71. The largest absolute Gasteiger partial charge is 0.481 e. The predicted molar refractivity (Wildman–Crippen MR) is 69.4 cm³/mol. The highest BCUT2D eigenvalue weighted by atomic mass is 16.4. The number of hydrogen-bond acceptors (Lipinski definition) is 3. The van der Waals surface area contributed by atoms with Gasteiger partial charge in [-0.25, -0.2) is 0 Å². The molecule has 2 unspecified atom stereocenters. The lowest BCUT2D eigenvalue weighted by Gasteiger charge is -2.30. The Hall–Kier alpha value is -1.36. The molecule has 2 N–H and O–H groups in total. The number of carboxylic acids is 2. The second-order valence-corrected chi connectivity index (χ2v) is 4.97. The maximum atomic E-state index is 11.3. The second-order valence-electron chi connectivity index (χ2n) is 4.97. The molecule has 0 saturated carbocycles. The fourth-order valence-electron chi connectivity index (χ4n) is 1.78. The predicted octanol–water partition coefficient (Wildman–Crippen LogP) is 1.69. The van der Waals surface area contributed by atoms with Crippen LogP contribution in [0.3, 0.4) is 0 Å². The maximum Gasteiger partial charge on any atom is 0.320 e. The summed E-state index contributed by atoms with van der Waals surface area (Å²) < 4.78 is 0. The maximum absolute atomic E-state index is 11.3. The van der Waals surface area contributed by atoms with Crippen LogP contribution < -0.4 is 0 Å². The van der Waals surface area contributed by atoms with Gasteiger partial charge in [0.05, 0.1) is 5.92 Å². The molecule has 0 amide bonds. The van der Waals surface area contributed by atoms with Gasteiger partial charge in [-0.1, -0.05) is 26.8 Å². The third kappa shape index (κ3) is 5.82. The molecule has 104 valence electrons. The van der Waals surface area contributed by atoms with Crippen LogP contribution in [0.2, 0.25) is 0 Å². The van der Waals surface area contributed by atoms with Crippen molar-refractivity contribution in [2.45, 2.75) is 33.2 Å². The molecule has 0 aromatic heterocycles. The van der Waals surface area contributed by atoms with E-state index in [0.717, 1.165) is 0 Å². The zero-order valence-corrected chi connectivity index (χ0v) is 11.3. The van der Waals surface area contributed by atoms with E-state index >= 15 is 0 Å². The number of rotatable bonds is 9. The van der Waals surface area contributed by atoms with E-state index in [9.17, 15) is 14.7 Å². The molecule has 0 aliphatic rings. The highest BCUT2D eigenvalue weighted by molar-refractivity contribution is 5.74. The van der Waals surface area contributed by atoms with Gasteiger partial charge in [-0.05, 0) is 12.3 Å². The Morgan fingerprint density at radius 1 is 1.22 bits per heavy atom. The van der Waals surface area contributed by atoms with Crippen LogP contribution in [0.25, 0.3) is 0 Å². The highest BCUT2D eigenvalue weighted by Gasteiger charge is 2.28. The smallest absolute Gasteiger partial charge is 0.320 e. The normalized spacial score (nSPS) is 14.5. The van der Waals surface area contributed by atoms with E-state index < -0.39 is 23.9 Å². The van der Waals surface area contributed by atoms with Gasteiger partial charge in [-0.3, -0.25) is 14.5 Å². The van der Waals surface area contributed by atoms with E-state index in [0.29, 0.717) is 13.0 Å². The van der Waals surface area contributed by atoms with Gasteiger partial charge < -0.3 is 10.2 Å². The minimum Gasteiger partial charge on any atom is -0.481 e. The van der Waals surface area contributed by atoms with E-state index in [4.69, 9.17) is 5.11 Å². The van der Waals surface area contributed by atoms with Crippen LogP contribution >= 0.6 is 0 Å². The number of carboxylic acid groups (broad SMARTS) is 2. The first-order valence-corrected chi connectivity index (χ1v) is 6.10. The Morgan fingerprint density at radius 3 is 2.11 bits per heavy atom. The number of hydrogen-bond donors (Lipinski definition) is 2. The first-order valence-electron chi connectivity index (χ1n) is 6.10. The minimum atomic E-state index is -0.919. The molecule has 0 aromatic rings. The van der Waals surface area contributed by atoms with Gasteiger partial charge >= 0.3 is 11.9 Å². The van der Waals surface area contributed by atoms with Gasteiger partial charge in [0, 0.05) is 13.1 Å². The molecule has 0 bridgehead atoms. The van der Waals surface area contributed by atoms with Gasteiger partial charge in [-0.15, -0.1) is 6.58 Å². The summed E-state index contributed by atoms with van der Waals surface area (Å²) in [5.74, 6) is -2.20. The average molecular weight is 257 g/mol. The van der Waals surface area contributed by atoms with Crippen LogP contribution in [-0.2, 0) is 9.59 Å². The number of aliphatic carboxylic acids is 2.